The molecule has 0 spiro atoms. The van der Waals surface area contributed by atoms with E-state index in [2.05, 4.69) is 50.2 Å². The molecule has 1 radical (unpaired) electrons. The Morgan fingerprint density at radius 1 is 0.933 bits per heavy atom. The highest BCUT2D eigenvalue weighted by Gasteiger charge is 2.02. The van der Waals surface area contributed by atoms with Crippen LogP contribution in [0.25, 0.3) is 0 Å². The first-order chi connectivity index (χ1) is 7.27. The van der Waals surface area contributed by atoms with Crippen LogP contribution in [-0.4, -0.2) is 0 Å². The van der Waals surface area contributed by atoms with E-state index in [1.54, 1.807) is 0 Å². The number of hydrogen-bond donors (Lipinski definition) is 0. The highest BCUT2D eigenvalue weighted by atomic mass is 14.1. The molecule has 0 aliphatic heterocycles. The zero-order valence-corrected chi connectivity index (χ0v) is 9.25. The standard InChI is InChI=1S/C15H15/c1-12-7-6-8-13(2)15(12)11-14-9-4-3-5-10-14/h4-10H,11H2,1-2H3. The average Bonchev–Trinajstić information content (AvgIpc) is 2.25. The second-order valence-electron chi connectivity index (χ2n) is 3.96. The molecule has 2 aromatic rings. The van der Waals surface area contributed by atoms with Gasteiger partial charge in [0.2, 0.25) is 0 Å². The van der Waals surface area contributed by atoms with Gasteiger partial charge in [-0.1, -0.05) is 42.5 Å². The second-order valence-corrected chi connectivity index (χ2v) is 3.96. The van der Waals surface area contributed by atoms with Crippen LogP contribution in [-0.2, 0) is 6.42 Å². The Morgan fingerprint density at radius 3 is 2.13 bits per heavy atom. The third kappa shape index (κ3) is 2.27. The minimum absolute atomic E-state index is 1.02. The predicted octanol–water partition coefficient (Wildman–Crippen LogP) is 3.69. The topological polar surface area (TPSA) is 0 Å². The molecule has 0 heteroatoms. The molecule has 0 nitrogen and oxygen atoms in total. The lowest BCUT2D eigenvalue weighted by molar-refractivity contribution is 1.12. The molecule has 0 N–H and O–H groups in total. The number of aryl methyl sites for hydroxylation is 2. The van der Waals surface area contributed by atoms with Gasteiger partial charge in [0.15, 0.2) is 0 Å². The summed E-state index contributed by atoms with van der Waals surface area (Å²) in [5.41, 5.74) is 5.56. The molecule has 0 saturated carbocycles. The summed E-state index contributed by atoms with van der Waals surface area (Å²) in [5.74, 6) is 0. The van der Waals surface area contributed by atoms with Crippen LogP contribution in [0, 0.1) is 19.9 Å². The molecule has 0 heterocycles. The van der Waals surface area contributed by atoms with Crippen molar-refractivity contribution in [2.75, 3.05) is 0 Å². The number of benzene rings is 2. The van der Waals surface area contributed by atoms with Gasteiger partial charge in [-0.3, -0.25) is 0 Å². The maximum absolute atomic E-state index is 3.05. The molecule has 2 rings (SSSR count). The largest absolute Gasteiger partial charge is 0.0617 e. The maximum atomic E-state index is 3.05. The first-order valence-corrected chi connectivity index (χ1v) is 5.27. The highest BCUT2D eigenvalue weighted by molar-refractivity contribution is 5.37. The Bertz CT molecular complexity index is 421. The Morgan fingerprint density at radius 2 is 1.53 bits per heavy atom. The fraction of sp³-hybridized carbons (Fsp3) is 0.200. The Hall–Kier alpha value is -1.56. The molecular weight excluding hydrogens is 180 g/mol. The lowest BCUT2D eigenvalue weighted by Gasteiger charge is -2.09. The summed E-state index contributed by atoms with van der Waals surface area (Å²) in [6.07, 6.45) is 1.02. The van der Waals surface area contributed by atoms with Gasteiger partial charge in [-0.05, 0) is 48.6 Å². The van der Waals surface area contributed by atoms with Crippen LogP contribution in [0.5, 0.6) is 0 Å². The normalized spacial score (nSPS) is 10.3. The maximum Gasteiger partial charge on any atom is -0.00205 e. The fourth-order valence-electron chi connectivity index (χ4n) is 1.87. The third-order valence-electron chi connectivity index (χ3n) is 2.81. The molecular formula is C15H15. The Labute approximate surface area is 91.6 Å². The zero-order chi connectivity index (χ0) is 10.7. The minimum Gasteiger partial charge on any atom is -0.0617 e. The zero-order valence-electron chi connectivity index (χ0n) is 9.25. The van der Waals surface area contributed by atoms with Crippen LogP contribution in [0.1, 0.15) is 22.3 Å². The summed E-state index contributed by atoms with van der Waals surface area (Å²) < 4.78 is 0. The molecule has 0 bridgehead atoms. The molecule has 2 aromatic carbocycles. The van der Waals surface area contributed by atoms with Gasteiger partial charge in [0, 0.05) is 0 Å². The molecule has 0 aliphatic rings. The molecule has 0 amide bonds. The monoisotopic (exact) mass is 195 g/mol. The average molecular weight is 195 g/mol. The van der Waals surface area contributed by atoms with Gasteiger partial charge in [0.25, 0.3) is 0 Å². The first kappa shape index (κ1) is 9.97. The van der Waals surface area contributed by atoms with Crippen LogP contribution < -0.4 is 0 Å². The van der Waals surface area contributed by atoms with Crippen LogP contribution >= 0.6 is 0 Å². The van der Waals surface area contributed by atoms with Gasteiger partial charge in [-0.2, -0.15) is 0 Å². The first-order valence-electron chi connectivity index (χ1n) is 5.27. The van der Waals surface area contributed by atoms with Crippen molar-refractivity contribution in [3.05, 3.63) is 70.8 Å². The Balaban J connectivity index is 2.32. The van der Waals surface area contributed by atoms with Crippen molar-refractivity contribution in [2.45, 2.75) is 20.3 Å². The van der Waals surface area contributed by atoms with Crippen LogP contribution in [0.15, 0.2) is 42.5 Å². The van der Waals surface area contributed by atoms with Gasteiger partial charge in [0.1, 0.15) is 0 Å². The van der Waals surface area contributed by atoms with E-state index in [1.807, 2.05) is 12.1 Å². The van der Waals surface area contributed by atoms with E-state index in [0.29, 0.717) is 0 Å². The smallest absolute Gasteiger partial charge is 0.00205 e. The van der Waals surface area contributed by atoms with Gasteiger partial charge < -0.3 is 0 Å². The van der Waals surface area contributed by atoms with Gasteiger partial charge in [-0.15, -0.1) is 0 Å². The van der Waals surface area contributed by atoms with Crippen molar-refractivity contribution >= 4 is 0 Å². The van der Waals surface area contributed by atoms with E-state index in [4.69, 9.17) is 0 Å². The number of hydrogen-bond acceptors (Lipinski definition) is 0. The van der Waals surface area contributed by atoms with E-state index in [9.17, 15) is 0 Å². The molecule has 75 valence electrons. The molecule has 15 heavy (non-hydrogen) atoms. The van der Waals surface area contributed by atoms with Gasteiger partial charge in [0.05, 0.1) is 0 Å². The van der Waals surface area contributed by atoms with Crippen LogP contribution in [0.3, 0.4) is 0 Å². The summed E-state index contributed by atoms with van der Waals surface area (Å²) in [4.78, 5) is 0. The van der Waals surface area contributed by atoms with Crippen molar-refractivity contribution in [3.63, 3.8) is 0 Å². The lowest BCUT2D eigenvalue weighted by atomic mass is 9.96. The van der Waals surface area contributed by atoms with Gasteiger partial charge in [-0.25, -0.2) is 0 Å². The molecule has 0 atom stereocenters. The summed E-state index contributed by atoms with van der Waals surface area (Å²) in [5, 5.41) is 0. The van der Waals surface area contributed by atoms with Gasteiger partial charge >= 0.3 is 0 Å². The SMILES string of the molecule is Cc1cccc(C)c1Cc1cc[c]cc1. The lowest BCUT2D eigenvalue weighted by Crippen LogP contribution is -1.94. The third-order valence-corrected chi connectivity index (χ3v) is 2.81. The molecule has 0 saturated heterocycles. The van der Waals surface area contributed by atoms with E-state index in [0.717, 1.165) is 6.42 Å². The van der Waals surface area contributed by atoms with E-state index < -0.39 is 0 Å². The fourth-order valence-corrected chi connectivity index (χ4v) is 1.87. The van der Waals surface area contributed by atoms with Crippen LogP contribution in [0.4, 0.5) is 0 Å². The van der Waals surface area contributed by atoms with Crippen molar-refractivity contribution < 1.29 is 0 Å². The molecule has 0 unspecified atom stereocenters. The summed E-state index contributed by atoms with van der Waals surface area (Å²) >= 11 is 0. The quantitative estimate of drug-likeness (QED) is 0.685. The van der Waals surface area contributed by atoms with E-state index in [-0.39, 0.29) is 0 Å². The van der Waals surface area contributed by atoms with E-state index >= 15 is 0 Å². The number of rotatable bonds is 2. The molecule has 0 fully saturated rings. The second kappa shape index (κ2) is 4.31. The van der Waals surface area contributed by atoms with Crippen LogP contribution in [0.2, 0.25) is 0 Å². The molecule has 0 aromatic heterocycles. The van der Waals surface area contributed by atoms with Crippen molar-refractivity contribution in [1.82, 2.24) is 0 Å². The summed E-state index contributed by atoms with van der Waals surface area (Å²) in [6, 6.07) is 17.7. The van der Waals surface area contributed by atoms with Crippen molar-refractivity contribution in [2.24, 2.45) is 0 Å². The van der Waals surface area contributed by atoms with Crippen molar-refractivity contribution in [3.8, 4) is 0 Å². The van der Waals surface area contributed by atoms with Crippen molar-refractivity contribution in [1.29, 1.82) is 0 Å². The Kier molecular flexibility index (Phi) is 2.86. The summed E-state index contributed by atoms with van der Waals surface area (Å²) in [6.45, 7) is 4.36. The highest BCUT2D eigenvalue weighted by Crippen LogP contribution is 2.17. The summed E-state index contributed by atoms with van der Waals surface area (Å²) in [7, 11) is 0. The molecule has 0 aliphatic carbocycles. The van der Waals surface area contributed by atoms with E-state index in [1.165, 1.54) is 22.3 Å². The predicted molar refractivity (Wildman–Crippen MR) is 64.0 cm³/mol. The minimum atomic E-state index is 1.02.